The number of aliphatic carboxylic acids is 1. The molecule has 0 saturated carbocycles. The molecule has 0 bridgehead atoms. The van der Waals surface area contributed by atoms with Crippen molar-refractivity contribution < 1.29 is 94.2 Å². The number of ether oxygens (including phenoxy) is 6. The fraction of sp³-hybridized carbons (Fsp3) is 0.467. The SMILES string of the molecule is O=C(O)CC(=O)OC[C@H]1O[C@@H](OC2=Cc3c(O)cc(O)cc3OC2c2ccc(O)c(O)c2)[C@H](O)[C@@H](O[C@@H]2O[C@H](CO)[C@@H](O)[C@H](O)[C@H]2O)[C@@H]1O. The van der Waals surface area contributed by atoms with Crippen molar-refractivity contribution in [1.29, 1.82) is 0 Å². The van der Waals surface area contributed by atoms with Crippen LogP contribution in [0.2, 0.25) is 0 Å². The Bertz CT molecular complexity index is 1560. The number of hydrogen-bond donors (Lipinski definition) is 11. The maximum atomic E-state index is 12.0. The molecule has 11 N–H and O–H groups in total. The Labute approximate surface area is 275 Å². The molecule has 0 spiro atoms. The van der Waals surface area contributed by atoms with E-state index in [0.29, 0.717) is 0 Å². The van der Waals surface area contributed by atoms with Crippen LogP contribution >= 0.6 is 0 Å². The first-order chi connectivity index (χ1) is 23.2. The first kappa shape index (κ1) is 35.9. The van der Waals surface area contributed by atoms with Gasteiger partial charge >= 0.3 is 11.9 Å². The average Bonchev–Trinajstić information content (AvgIpc) is 3.04. The van der Waals surface area contributed by atoms with Crippen LogP contribution in [0.15, 0.2) is 36.1 Å². The molecule has 49 heavy (non-hydrogen) atoms. The Morgan fingerprint density at radius 3 is 2.16 bits per heavy atom. The second kappa shape index (κ2) is 14.6. The van der Waals surface area contributed by atoms with E-state index in [1.165, 1.54) is 18.2 Å². The molecule has 19 nitrogen and oxygen atoms in total. The lowest BCUT2D eigenvalue weighted by molar-refractivity contribution is -0.357. The largest absolute Gasteiger partial charge is 0.508 e. The van der Waals surface area contributed by atoms with Gasteiger partial charge in [0.1, 0.15) is 84.9 Å². The third-order valence-corrected chi connectivity index (χ3v) is 7.94. The van der Waals surface area contributed by atoms with E-state index in [0.717, 1.165) is 18.2 Å². The number of hydrogen-bond acceptors (Lipinski definition) is 18. The van der Waals surface area contributed by atoms with E-state index in [4.69, 9.17) is 33.5 Å². The molecule has 0 amide bonds. The third kappa shape index (κ3) is 7.59. The Balaban J connectivity index is 1.49. The predicted octanol–water partition coefficient (Wildman–Crippen LogP) is -2.35. The van der Waals surface area contributed by atoms with Crippen molar-refractivity contribution in [3.05, 3.63) is 47.2 Å². The molecule has 3 aliphatic rings. The van der Waals surface area contributed by atoms with E-state index in [-0.39, 0.29) is 28.4 Å². The van der Waals surface area contributed by atoms with Gasteiger partial charge < -0.3 is 84.6 Å². The van der Waals surface area contributed by atoms with Gasteiger partial charge in [-0.2, -0.15) is 0 Å². The number of esters is 1. The van der Waals surface area contributed by atoms with Gasteiger partial charge in [-0.05, 0) is 18.2 Å². The van der Waals surface area contributed by atoms with Crippen LogP contribution in [0.3, 0.4) is 0 Å². The summed E-state index contributed by atoms with van der Waals surface area (Å²) >= 11 is 0. The van der Waals surface area contributed by atoms with Crippen LogP contribution < -0.4 is 4.74 Å². The number of aliphatic hydroxyl groups is 6. The molecule has 0 aromatic heterocycles. The number of carbonyl (C=O) groups excluding carboxylic acids is 1. The van der Waals surface area contributed by atoms with E-state index in [1.807, 2.05) is 0 Å². The first-order valence-electron chi connectivity index (χ1n) is 14.7. The quantitative estimate of drug-likeness (QED) is 0.0703. The van der Waals surface area contributed by atoms with Crippen LogP contribution in [0, 0.1) is 0 Å². The number of aliphatic hydroxyl groups excluding tert-OH is 6. The van der Waals surface area contributed by atoms with Crippen molar-refractivity contribution in [2.24, 2.45) is 0 Å². The van der Waals surface area contributed by atoms with Gasteiger partial charge in [-0.3, -0.25) is 9.59 Å². The molecule has 5 rings (SSSR count). The average molecular weight is 699 g/mol. The van der Waals surface area contributed by atoms with E-state index < -0.39 is 116 Å². The monoisotopic (exact) mass is 698 g/mol. The smallest absolute Gasteiger partial charge is 0.317 e. The predicted molar refractivity (Wildman–Crippen MR) is 155 cm³/mol. The summed E-state index contributed by atoms with van der Waals surface area (Å²) in [6.45, 7) is -1.64. The number of carbonyl (C=O) groups is 2. The minimum atomic E-state index is -2.02. The van der Waals surface area contributed by atoms with E-state index in [9.17, 15) is 60.7 Å². The zero-order chi connectivity index (χ0) is 35.7. The molecule has 2 aromatic carbocycles. The van der Waals surface area contributed by atoms with Crippen molar-refractivity contribution >= 4 is 18.0 Å². The number of rotatable bonds is 10. The zero-order valence-electron chi connectivity index (χ0n) is 25.1. The summed E-state index contributed by atoms with van der Waals surface area (Å²) in [6, 6.07) is 5.75. The van der Waals surface area contributed by atoms with Crippen LogP contribution in [0.1, 0.15) is 23.7 Å². The molecule has 11 atom stereocenters. The summed E-state index contributed by atoms with van der Waals surface area (Å²) in [5.41, 5.74) is 0.138. The minimum absolute atomic E-state index is 0.00865. The van der Waals surface area contributed by atoms with Crippen molar-refractivity contribution in [1.82, 2.24) is 0 Å². The van der Waals surface area contributed by atoms with Gasteiger partial charge in [0.15, 0.2) is 23.9 Å². The summed E-state index contributed by atoms with van der Waals surface area (Å²) < 4.78 is 33.6. The molecular formula is C30H34O19. The van der Waals surface area contributed by atoms with Gasteiger partial charge in [-0.1, -0.05) is 6.07 Å². The molecule has 2 fully saturated rings. The molecule has 1 unspecified atom stereocenters. The van der Waals surface area contributed by atoms with E-state index >= 15 is 0 Å². The Kier molecular flexibility index (Phi) is 10.7. The van der Waals surface area contributed by atoms with Crippen molar-refractivity contribution in [2.45, 2.75) is 73.9 Å². The van der Waals surface area contributed by atoms with Crippen LogP contribution in [0.5, 0.6) is 28.7 Å². The number of benzene rings is 2. The Morgan fingerprint density at radius 2 is 1.49 bits per heavy atom. The number of carboxylic acids is 1. The van der Waals surface area contributed by atoms with Gasteiger partial charge in [0, 0.05) is 17.7 Å². The highest BCUT2D eigenvalue weighted by Gasteiger charge is 2.52. The molecule has 2 aromatic rings. The number of aromatic hydroxyl groups is 4. The lowest BCUT2D eigenvalue weighted by Gasteiger charge is -2.46. The molecule has 19 heteroatoms. The van der Waals surface area contributed by atoms with Crippen LogP contribution in [-0.2, 0) is 33.3 Å². The molecule has 3 aliphatic heterocycles. The molecular weight excluding hydrogens is 664 g/mol. The lowest BCUT2D eigenvalue weighted by atomic mass is 9.96. The number of fused-ring (bicyclic) bond motifs is 1. The van der Waals surface area contributed by atoms with Crippen molar-refractivity contribution in [3.8, 4) is 28.7 Å². The Hall–Kier alpha value is -4.44. The number of phenols is 4. The van der Waals surface area contributed by atoms with Crippen molar-refractivity contribution in [3.63, 3.8) is 0 Å². The standard InChI is InChI=1S/C30H34O19/c31-8-18-22(39)24(41)25(42)29(47-18)49-28-23(40)19(9-44-21(38)7-20(36)37)48-30(26(28)43)46-17-6-12-14(34)4-11(32)5-16(12)45-27(17)10-1-2-13(33)15(35)3-10/h1-6,18-19,22-35,39-43H,7-9H2,(H,36,37)/t18-,19-,22-,23-,24+,25-,26-,27?,28+,29+,30-/m1/s1. The highest BCUT2D eigenvalue weighted by Crippen LogP contribution is 2.45. The highest BCUT2D eigenvalue weighted by atomic mass is 16.7. The van der Waals surface area contributed by atoms with Gasteiger partial charge in [-0.15, -0.1) is 0 Å². The van der Waals surface area contributed by atoms with Gasteiger partial charge in [0.2, 0.25) is 6.29 Å². The van der Waals surface area contributed by atoms with Crippen LogP contribution in [-0.4, -0.2) is 143 Å². The second-order valence-corrected chi connectivity index (χ2v) is 11.4. The molecule has 3 heterocycles. The summed E-state index contributed by atoms with van der Waals surface area (Å²) in [4.78, 5) is 22.9. The molecule has 2 saturated heterocycles. The number of phenolic OH excluding ortho intramolecular Hbond substituents is 4. The summed E-state index contributed by atoms with van der Waals surface area (Å²) in [5.74, 6) is -4.87. The van der Waals surface area contributed by atoms with Gasteiger partial charge in [0.25, 0.3) is 0 Å². The topological polar surface area (TPSA) is 312 Å². The van der Waals surface area contributed by atoms with Crippen molar-refractivity contribution in [2.75, 3.05) is 13.2 Å². The zero-order valence-corrected chi connectivity index (χ0v) is 25.1. The maximum Gasteiger partial charge on any atom is 0.317 e. The molecule has 0 aliphatic carbocycles. The Morgan fingerprint density at radius 1 is 0.776 bits per heavy atom. The highest BCUT2D eigenvalue weighted by molar-refractivity contribution is 5.90. The summed E-state index contributed by atoms with van der Waals surface area (Å²) in [7, 11) is 0. The normalized spacial score (nSPS) is 32.7. The van der Waals surface area contributed by atoms with E-state index in [2.05, 4.69) is 0 Å². The number of carboxylic acid groups (broad SMARTS) is 1. The fourth-order valence-corrected chi connectivity index (χ4v) is 5.39. The second-order valence-electron chi connectivity index (χ2n) is 11.4. The third-order valence-electron chi connectivity index (χ3n) is 7.94. The molecule has 268 valence electrons. The fourth-order valence-electron chi connectivity index (χ4n) is 5.39. The molecule has 0 radical (unpaired) electrons. The van der Waals surface area contributed by atoms with Gasteiger partial charge in [0.05, 0.1) is 12.2 Å². The summed E-state index contributed by atoms with van der Waals surface area (Å²) in [6.07, 6.45) is -19.4. The lowest BCUT2D eigenvalue weighted by Crippen LogP contribution is -2.65. The van der Waals surface area contributed by atoms with Gasteiger partial charge in [-0.25, -0.2) is 0 Å². The minimum Gasteiger partial charge on any atom is -0.508 e. The van der Waals surface area contributed by atoms with E-state index in [1.54, 1.807) is 0 Å². The maximum absolute atomic E-state index is 12.0. The summed E-state index contributed by atoms with van der Waals surface area (Å²) in [5, 5.41) is 112. The van der Waals surface area contributed by atoms with Crippen LogP contribution in [0.4, 0.5) is 0 Å². The van der Waals surface area contributed by atoms with Crippen LogP contribution in [0.25, 0.3) is 6.08 Å². The first-order valence-corrected chi connectivity index (χ1v) is 14.7.